The van der Waals surface area contributed by atoms with E-state index in [1.165, 1.54) is 0 Å². The molecular formula is C21H24N2O3. The van der Waals surface area contributed by atoms with E-state index in [9.17, 15) is 9.59 Å². The van der Waals surface area contributed by atoms with Gasteiger partial charge in [-0.15, -0.1) is 0 Å². The number of rotatable bonds is 7. The van der Waals surface area contributed by atoms with Gasteiger partial charge in [-0.2, -0.15) is 0 Å². The zero-order valence-electron chi connectivity index (χ0n) is 15.0. The van der Waals surface area contributed by atoms with E-state index in [4.69, 9.17) is 4.74 Å². The molecule has 136 valence electrons. The predicted octanol–water partition coefficient (Wildman–Crippen LogP) is 2.86. The topological polar surface area (TPSA) is 58.6 Å². The van der Waals surface area contributed by atoms with Crippen molar-refractivity contribution >= 4 is 17.5 Å². The maximum absolute atomic E-state index is 12.0. The molecule has 3 rings (SSSR count). The highest BCUT2D eigenvalue weighted by Crippen LogP contribution is 2.21. The third kappa shape index (κ3) is 4.85. The van der Waals surface area contributed by atoms with Gasteiger partial charge >= 0.3 is 0 Å². The van der Waals surface area contributed by atoms with Gasteiger partial charge in [0.15, 0.2) is 0 Å². The second-order valence-electron chi connectivity index (χ2n) is 6.51. The van der Waals surface area contributed by atoms with Crippen LogP contribution in [-0.2, 0) is 16.0 Å². The summed E-state index contributed by atoms with van der Waals surface area (Å²) in [5.41, 5.74) is 2.98. The summed E-state index contributed by atoms with van der Waals surface area (Å²) < 4.78 is 5.62. The van der Waals surface area contributed by atoms with Crippen LogP contribution in [-0.4, -0.2) is 31.5 Å². The average Bonchev–Trinajstić information content (AvgIpc) is 3.05. The first-order valence-electron chi connectivity index (χ1n) is 8.97. The van der Waals surface area contributed by atoms with E-state index in [1.54, 1.807) is 4.90 Å². The molecule has 0 spiro atoms. The van der Waals surface area contributed by atoms with Crippen molar-refractivity contribution in [2.24, 2.45) is 0 Å². The Kier molecular flexibility index (Phi) is 5.89. The number of hydrogen-bond acceptors (Lipinski definition) is 3. The normalized spacial score (nSPS) is 13.7. The van der Waals surface area contributed by atoms with E-state index < -0.39 is 0 Å². The molecule has 0 aromatic heterocycles. The van der Waals surface area contributed by atoms with E-state index in [1.807, 2.05) is 55.5 Å². The first-order valence-corrected chi connectivity index (χ1v) is 8.97. The smallest absolute Gasteiger partial charge is 0.227 e. The lowest BCUT2D eigenvalue weighted by Gasteiger charge is -2.15. The molecule has 5 nitrogen and oxygen atoms in total. The van der Waals surface area contributed by atoms with Crippen LogP contribution in [0.4, 0.5) is 5.69 Å². The maximum atomic E-state index is 12.0. The minimum absolute atomic E-state index is 0.0390. The van der Waals surface area contributed by atoms with Crippen LogP contribution in [0.25, 0.3) is 0 Å². The Hall–Kier alpha value is -2.82. The van der Waals surface area contributed by atoms with Crippen LogP contribution >= 0.6 is 0 Å². The highest BCUT2D eigenvalue weighted by Gasteiger charge is 2.21. The molecule has 0 unspecified atom stereocenters. The molecule has 2 aromatic carbocycles. The predicted molar refractivity (Wildman–Crippen MR) is 101 cm³/mol. The van der Waals surface area contributed by atoms with Crippen molar-refractivity contribution in [3.8, 4) is 5.75 Å². The van der Waals surface area contributed by atoms with Gasteiger partial charge in [-0.1, -0.05) is 24.3 Å². The molecule has 2 aromatic rings. The summed E-state index contributed by atoms with van der Waals surface area (Å²) in [5, 5.41) is 2.86. The fraction of sp³-hybridized carbons (Fsp3) is 0.333. The van der Waals surface area contributed by atoms with Crippen LogP contribution in [0.3, 0.4) is 0 Å². The Labute approximate surface area is 154 Å². The van der Waals surface area contributed by atoms with Gasteiger partial charge in [0, 0.05) is 18.7 Å². The molecule has 0 saturated carbocycles. The van der Waals surface area contributed by atoms with Gasteiger partial charge in [0.05, 0.1) is 13.0 Å². The van der Waals surface area contributed by atoms with Crippen molar-refractivity contribution in [3.05, 3.63) is 59.7 Å². The molecule has 0 aliphatic carbocycles. The van der Waals surface area contributed by atoms with E-state index in [-0.39, 0.29) is 11.8 Å². The summed E-state index contributed by atoms with van der Waals surface area (Å²) in [7, 11) is 0. The zero-order chi connectivity index (χ0) is 18.4. The maximum Gasteiger partial charge on any atom is 0.227 e. The molecule has 1 saturated heterocycles. The molecule has 1 fully saturated rings. The molecule has 0 radical (unpaired) electrons. The zero-order valence-corrected chi connectivity index (χ0v) is 15.0. The monoisotopic (exact) mass is 352 g/mol. The molecule has 1 aliphatic heterocycles. The highest BCUT2D eigenvalue weighted by atomic mass is 16.5. The summed E-state index contributed by atoms with van der Waals surface area (Å²) in [6, 6.07) is 15.5. The van der Waals surface area contributed by atoms with Crippen LogP contribution in [0.2, 0.25) is 0 Å². The van der Waals surface area contributed by atoms with Crippen LogP contribution in [0.15, 0.2) is 48.5 Å². The van der Waals surface area contributed by atoms with Crippen molar-refractivity contribution in [2.45, 2.75) is 26.2 Å². The second kappa shape index (κ2) is 8.52. The summed E-state index contributed by atoms with van der Waals surface area (Å²) in [4.78, 5) is 25.6. The number of ether oxygens (including phenoxy) is 1. The van der Waals surface area contributed by atoms with E-state index in [0.29, 0.717) is 26.0 Å². The molecule has 26 heavy (non-hydrogen) atoms. The number of hydrogen-bond donors (Lipinski definition) is 1. The number of nitrogens with one attached hydrogen (secondary N) is 1. The van der Waals surface area contributed by atoms with Crippen LogP contribution in [0.5, 0.6) is 5.75 Å². The number of nitrogens with zero attached hydrogens (tertiary/aromatic N) is 1. The third-order valence-electron chi connectivity index (χ3n) is 4.37. The van der Waals surface area contributed by atoms with Crippen molar-refractivity contribution in [2.75, 3.05) is 24.6 Å². The highest BCUT2D eigenvalue weighted by molar-refractivity contribution is 5.95. The van der Waals surface area contributed by atoms with Gasteiger partial charge < -0.3 is 15.0 Å². The van der Waals surface area contributed by atoms with E-state index in [0.717, 1.165) is 35.5 Å². The molecule has 1 N–H and O–H groups in total. The largest absolute Gasteiger partial charge is 0.492 e. The van der Waals surface area contributed by atoms with Crippen LogP contribution in [0.1, 0.15) is 24.0 Å². The standard InChI is InChI=1S/C21H24N2O3/c1-16-4-2-5-19(14-16)26-13-11-22-20(24)15-17-7-9-18(10-8-17)23-12-3-6-21(23)25/h2,4-5,7-10,14H,3,6,11-13,15H2,1H3,(H,22,24). The van der Waals surface area contributed by atoms with Gasteiger partial charge in [-0.05, 0) is 48.7 Å². The Balaban J connectivity index is 1.41. The van der Waals surface area contributed by atoms with Gasteiger partial charge in [0.2, 0.25) is 11.8 Å². The molecular weight excluding hydrogens is 328 g/mol. The number of benzene rings is 2. The number of amides is 2. The fourth-order valence-electron chi connectivity index (χ4n) is 3.03. The lowest BCUT2D eigenvalue weighted by molar-refractivity contribution is -0.120. The number of carbonyl (C=O) groups excluding carboxylic acids is 2. The Morgan fingerprint density at radius 3 is 2.69 bits per heavy atom. The molecule has 5 heteroatoms. The number of carbonyl (C=O) groups is 2. The Bertz CT molecular complexity index is 771. The van der Waals surface area contributed by atoms with Gasteiger partial charge in [0.25, 0.3) is 0 Å². The SMILES string of the molecule is Cc1cccc(OCCNC(=O)Cc2ccc(N3CCCC3=O)cc2)c1. The summed E-state index contributed by atoms with van der Waals surface area (Å²) >= 11 is 0. The molecule has 2 amide bonds. The van der Waals surface area contributed by atoms with Gasteiger partial charge in [-0.25, -0.2) is 0 Å². The van der Waals surface area contributed by atoms with Crippen molar-refractivity contribution in [3.63, 3.8) is 0 Å². The lowest BCUT2D eigenvalue weighted by atomic mass is 10.1. The minimum atomic E-state index is -0.0390. The number of aryl methyl sites for hydroxylation is 1. The Morgan fingerprint density at radius 1 is 1.19 bits per heavy atom. The second-order valence-corrected chi connectivity index (χ2v) is 6.51. The third-order valence-corrected chi connectivity index (χ3v) is 4.37. The first-order chi connectivity index (χ1) is 12.6. The van der Waals surface area contributed by atoms with E-state index in [2.05, 4.69) is 5.32 Å². The summed E-state index contributed by atoms with van der Waals surface area (Å²) in [6.45, 7) is 3.69. The quantitative estimate of drug-likeness (QED) is 0.780. The average molecular weight is 352 g/mol. The van der Waals surface area contributed by atoms with E-state index >= 15 is 0 Å². The molecule has 0 atom stereocenters. The van der Waals surface area contributed by atoms with Crippen LogP contribution in [0, 0.1) is 6.92 Å². The van der Waals surface area contributed by atoms with Gasteiger partial charge in [-0.3, -0.25) is 9.59 Å². The van der Waals surface area contributed by atoms with Crippen molar-refractivity contribution < 1.29 is 14.3 Å². The first kappa shape index (κ1) is 18.0. The summed E-state index contributed by atoms with van der Waals surface area (Å²) in [6.07, 6.45) is 1.85. The Morgan fingerprint density at radius 2 is 2.00 bits per heavy atom. The molecule has 0 bridgehead atoms. The lowest BCUT2D eigenvalue weighted by Crippen LogP contribution is -2.29. The van der Waals surface area contributed by atoms with Crippen molar-refractivity contribution in [1.82, 2.24) is 5.32 Å². The van der Waals surface area contributed by atoms with Gasteiger partial charge in [0.1, 0.15) is 12.4 Å². The summed E-state index contributed by atoms with van der Waals surface area (Å²) in [5.74, 6) is 0.943. The van der Waals surface area contributed by atoms with Crippen LogP contribution < -0.4 is 15.0 Å². The fourth-order valence-corrected chi connectivity index (χ4v) is 3.03. The minimum Gasteiger partial charge on any atom is -0.492 e. The van der Waals surface area contributed by atoms with Crippen molar-refractivity contribution in [1.29, 1.82) is 0 Å². The molecule has 1 heterocycles. The number of anilines is 1. The molecule has 1 aliphatic rings.